The number of H-pyrrole nitrogens is 1. The minimum atomic E-state index is -5.24. The Morgan fingerprint density at radius 1 is 0.892 bits per heavy atom. The normalized spacial score (nSPS) is 29.4. The summed E-state index contributed by atoms with van der Waals surface area (Å²) in [5, 5.41) is 0. The lowest BCUT2D eigenvalue weighted by Gasteiger charge is -2.29. The number of nitrogens with one attached hydrogen (secondary N) is 1. The molecule has 3 fully saturated rings. The molecule has 4 N–H and O–H groups in total. The lowest BCUT2D eigenvalue weighted by molar-refractivity contribution is -0.0619. The maximum atomic E-state index is 16.5. The van der Waals surface area contributed by atoms with Crippen LogP contribution in [0.2, 0.25) is 0 Å². The Morgan fingerprint density at radius 2 is 1.57 bits per heavy atom. The van der Waals surface area contributed by atoms with Gasteiger partial charge in [-0.3, -0.25) is 37.0 Å². The maximum Gasteiger partial charge on any atom is 0.472 e. The highest BCUT2D eigenvalue weighted by atomic mass is 32.7. The first kappa shape index (κ1) is 46.7. The van der Waals surface area contributed by atoms with E-state index in [1.54, 1.807) is 36.4 Å². The van der Waals surface area contributed by atoms with Crippen LogP contribution in [0.15, 0.2) is 83.0 Å². The Labute approximate surface area is 371 Å². The number of alkyl halides is 2. The van der Waals surface area contributed by atoms with Gasteiger partial charge in [0.2, 0.25) is 0 Å². The Hall–Kier alpha value is -4.87. The number of carbonyl (C=O) groups is 1. The first-order valence-corrected chi connectivity index (χ1v) is 24.9. The van der Waals surface area contributed by atoms with E-state index in [4.69, 9.17) is 42.8 Å². The fourth-order valence-electron chi connectivity index (χ4n) is 7.18. The predicted molar refractivity (Wildman–Crippen MR) is 227 cm³/mol. The van der Waals surface area contributed by atoms with Gasteiger partial charge in [-0.1, -0.05) is 38.3 Å². The first-order valence-electron chi connectivity index (χ1n) is 20.3. The number of esters is 1. The van der Waals surface area contributed by atoms with Crippen LogP contribution in [-0.2, 0) is 42.5 Å². The highest BCUT2D eigenvalue weighted by Gasteiger charge is 2.55. The fraction of sp³-hybridized carbons (Fsp3) is 0.436. The molecule has 0 radical (unpaired) electrons. The second kappa shape index (κ2) is 19.9. The summed E-state index contributed by atoms with van der Waals surface area (Å²) in [7, 11) is -5.24. The van der Waals surface area contributed by atoms with Crippen molar-refractivity contribution in [2.75, 3.05) is 25.6 Å². The Kier molecular flexibility index (Phi) is 14.3. The van der Waals surface area contributed by atoms with E-state index in [1.165, 1.54) is 18.5 Å². The zero-order chi connectivity index (χ0) is 45.9. The van der Waals surface area contributed by atoms with Gasteiger partial charge in [-0.15, -0.1) is 0 Å². The number of anilines is 1. The van der Waals surface area contributed by atoms with Crippen LogP contribution in [0.25, 0.3) is 11.2 Å². The number of carbonyl (C=O) groups excluding carboxylic acids is 1. The summed E-state index contributed by atoms with van der Waals surface area (Å²) < 4.78 is 108. The highest BCUT2D eigenvalue weighted by molar-refractivity contribution is 8.54. The highest BCUT2D eigenvalue weighted by Crippen LogP contribution is 2.65. The number of ether oxygens (including phenoxy) is 4. The van der Waals surface area contributed by atoms with E-state index in [0.29, 0.717) is 39.4 Å². The number of nitrogen functional groups attached to an aromatic ring is 1. The van der Waals surface area contributed by atoms with Crippen LogP contribution >= 0.6 is 26.0 Å². The lowest BCUT2D eigenvalue weighted by Crippen LogP contribution is -2.38. The van der Waals surface area contributed by atoms with E-state index in [-0.39, 0.29) is 28.5 Å². The number of fused-ring (bicyclic) bond motifs is 3. The predicted octanol–water partition coefficient (Wildman–Crippen LogP) is 5.57. The maximum absolute atomic E-state index is 16.5. The van der Waals surface area contributed by atoms with Crippen molar-refractivity contribution in [2.45, 2.75) is 87.6 Å². The van der Waals surface area contributed by atoms with Gasteiger partial charge >= 0.3 is 26.3 Å². The second-order valence-electron chi connectivity index (χ2n) is 15.0. The largest absolute Gasteiger partial charge is 0.494 e. The average molecular weight is 966 g/mol. The van der Waals surface area contributed by atoms with Gasteiger partial charge in [-0.25, -0.2) is 42.5 Å². The van der Waals surface area contributed by atoms with Crippen LogP contribution in [-0.4, -0.2) is 96.5 Å². The minimum Gasteiger partial charge on any atom is -0.494 e. The molecule has 6 heterocycles. The van der Waals surface area contributed by atoms with Gasteiger partial charge in [-0.2, -0.15) is 0 Å². The number of benzene rings is 2. The smallest absolute Gasteiger partial charge is 0.472 e. The molecule has 2 aromatic carbocycles. The number of aromatic amines is 1. The van der Waals surface area contributed by atoms with E-state index < -0.39 is 94.3 Å². The van der Waals surface area contributed by atoms with Crippen LogP contribution < -0.4 is 26.5 Å². The van der Waals surface area contributed by atoms with E-state index in [0.717, 1.165) is 48.8 Å². The summed E-state index contributed by atoms with van der Waals surface area (Å²) in [5.41, 5.74) is 5.03. The molecule has 3 saturated heterocycles. The average Bonchev–Trinajstić information content (AvgIpc) is 3.94. The van der Waals surface area contributed by atoms with Crippen LogP contribution in [0, 0.1) is 0 Å². The van der Waals surface area contributed by atoms with E-state index in [1.807, 2.05) is 4.98 Å². The Bertz CT molecular complexity index is 2700. The first-order chi connectivity index (χ1) is 31.2. The standard InChI is InChI=1S/C39H43F2N7O14P2S/c1-2-3-4-5-16-55-24-12-8-23(9-13-24)38(50)58-25-10-6-22(7-11-25)19-65-64(54)57-18-27-32(29(40)37(60-27)48-21-45-31-34(42)43-20-44-35(31)48)61-63(52,53)56-17-26-33(62-64)30(41)36(59-26)47-15-14-28(49)46-39(47)51/h6-15,20-21,26-27,29-30,32-33,36-37H,2-5,16-19H2,1H3,(H,52,53)(H2,42,43,44)(H,46,49,51)/t26-,27-,29-,30-,32-,33-,36-,37-,64?/m1/s1. The van der Waals surface area contributed by atoms with Crippen molar-refractivity contribution in [1.29, 1.82) is 0 Å². The molecule has 0 bridgehead atoms. The van der Waals surface area contributed by atoms with Crippen molar-refractivity contribution in [3.05, 3.63) is 105 Å². The number of aromatic nitrogens is 6. The van der Waals surface area contributed by atoms with Crippen LogP contribution in [0.1, 0.15) is 61.0 Å². The molecule has 348 valence electrons. The number of rotatable bonds is 13. The number of phosphoric acid groups is 1. The summed E-state index contributed by atoms with van der Waals surface area (Å²) in [6, 6.07) is 13.7. The summed E-state index contributed by atoms with van der Waals surface area (Å²) in [6.07, 6.45) is -7.52. The van der Waals surface area contributed by atoms with Gasteiger partial charge < -0.3 is 29.6 Å². The Balaban J connectivity index is 1.01. The van der Waals surface area contributed by atoms with Gasteiger partial charge in [0, 0.05) is 18.0 Å². The SMILES string of the molecule is CCCCCCOc1ccc(C(=O)Oc2ccc(CSP3(=O)OC[C@H]4O[C@@H](n5cnc6c(N)ncnc65)[C@H](F)[C@@H]4OP(=O)(O)OC[C@H]4O[C@@H](n5ccc(=O)[nH]c5=O)[C@H](F)[C@@H]4O3)cc2)cc1. The molecule has 10 atom stereocenters. The number of phosphoric ester groups is 1. The van der Waals surface area contributed by atoms with Gasteiger partial charge in [0.25, 0.3) is 5.56 Å². The van der Waals surface area contributed by atoms with Crippen LogP contribution in [0.5, 0.6) is 11.5 Å². The molecule has 2 unspecified atom stereocenters. The zero-order valence-electron chi connectivity index (χ0n) is 34.3. The van der Waals surface area contributed by atoms with Gasteiger partial charge in [0.05, 0.1) is 31.7 Å². The summed E-state index contributed by atoms with van der Waals surface area (Å²) in [4.78, 5) is 62.2. The van der Waals surface area contributed by atoms with Crippen molar-refractivity contribution >= 4 is 49.0 Å². The molecule has 5 aromatic rings. The number of nitrogens with zero attached hydrogens (tertiary/aromatic N) is 5. The number of hydrogen-bond acceptors (Lipinski definition) is 18. The summed E-state index contributed by atoms with van der Waals surface area (Å²) in [5.74, 6) is 0.0732. The molecule has 65 heavy (non-hydrogen) atoms. The molecule has 3 aliphatic rings. The van der Waals surface area contributed by atoms with E-state index in [9.17, 15) is 28.4 Å². The van der Waals surface area contributed by atoms with Crippen molar-refractivity contribution in [3.8, 4) is 11.5 Å². The number of nitrogens with two attached hydrogens (primary N) is 1. The molecule has 0 saturated carbocycles. The third-order valence-corrected chi connectivity index (χ3v) is 15.1. The van der Waals surface area contributed by atoms with E-state index >= 15 is 8.78 Å². The Morgan fingerprint density at radius 3 is 2.28 bits per heavy atom. The number of hydrogen-bond donors (Lipinski definition) is 3. The summed E-state index contributed by atoms with van der Waals surface area (Å²) in [6.45, 7) is -3.71. The molecule has 0 spiro atoms. The molecule has 3 aliphatic heterocycles. The topological polar surface area (TPSA) is 270 Å². The molecule has 0 amide bonds. The number of halogens is 2. The van der Waals surface area contributed by atoms with Crippen molar-refractivity contribution in [2.24, 2.45) is 0 Å². The molecule has 21 nitrogen and oxygen atoms in total. The molecule has 26 heteroatoms. The van der Waals surface area contributed by atoms with Crippen LogP contribution in [0.4, 0.5) is 14.6 Å². The molecular weight excluding hydrogens is 922 g/mol. The number of unbranched alkanes of at least 4 members (excludes halogenated alkanes) is 3. The monoisotopic (exact) mass is 965 g/mol. The second-order valence-corrected chi connectivity index (χ2v) is 20.4. The van der Waals surface area contributed by atoms with Crippen molar-refractivity contribution < 1.29 is 64.6 Å². The quantitative estimate of drug-likeness (QED) is 0.0563. The van der Waals surface area contributed by atoms with Gasteiger partial charge in [0.1, 0.15) is 47.8 Å². The van der Waals surface area contributed by atoms with Crippen molar-refractivity contribution in [1.82, 2.24) is 29.1 Å². The molecule has 3 aromatic heterocycles. The minimum absolute atomic E-state index is 0.0149. The van der Waals surface area contributed by atoms with Gasteiger partial charge in [0.15, 0.2) is 36.3 Å². The number of imidazole rings is 1. The van der Waals surface area contributed by atoms with Crippen LogP contribution in [0.3, 0.4) is 0 Å². The zero-order valence-corrected chi connectivity index (χ0v) is 36.9. The lowest BCUT2D eigenvalue weighted by atomic mass is 10.1. The molecule has 8 rings (SSSR count). The fourth-order valence-corrected chi connectivity index (χ4v) is 11.5. The third-order valence-electron chi connectivity index (χ3n) is 10.5. The third kappa shape index (κ3) is 10.7. The summed E-state index contributed by atoms with van der Waals surface area (Å²) >= 11 is 0.593. The molecular formula is C39H43F2N7O14P2S. The van der Waals surface area contributed by atoms with E-state index in [2.05, 4.69) is 21.9 Å². The van der Waals surface area contributed by atoms with Crippen molar-refractivity contribution in [3.63, 3.8) is 0 Å². The van der Waals surface area contributed by atoms with Gasteiger partial charge in [-0.05, 0) is 59.8 Å². The molecule has 0 aliphatic carbocycles.